The van der Waals surface area contributed by atoms with Crippen LogP contribution in [0.15, 0.2) is 30.3 Å². The van der Waals surface area contributed by atoms with Crippen molar-refractivity contribution in [1.29, 1.82) is 0 Å². The van der Waals surface area contributed by atoms with Crippen molar-refractivity contribution in [3.8, 4) is 0 Å². The largest absolute Gasteiger partial charge is 0.374 e. The predicted octanol–water partition coefficient (Wildman–Crippen LogP) is 2.05. The summed E-state index contributed by atoms with van der Waals surface area (Å²) in [4.78, 5) is 4.54. The lowest BCUT2D eigenvalue weighted by atomic mass is 10.1. The first-order valence-electron chi connectivity index (χ1n) is 7.08. The summed E-state index contributed by atoms with van der Waals surface area (Å²) in [5.41, 5.74) is 3.25. The van der Waals surface area contributed by atoms with E-state index in [-0.39, 0.29) is 6.10 Å². The molecule has 0 bridgehead atoms. The minimum absolute atomic E-state index is 0.165. The molecule has 1 aliphatic heterocycles. The number of ether oxygens (including phenoxy) is 2. The Labute approximate surface area is 119 Å². The molecule has 0 spiro atoms. The second kappa shape index (κ2) is 6.31. The van der Waals surface area contributed by atoms with E-state index in [9.17, 15) is 0 Å². The Bertz CT molecular complexity index is 580. The maximum Gasteiger partial charge on any atom is 0.0933 e. The fourth-order valence-electron chi connectivity index (χ4n) is 2.54. The first-order chi connectivity index (χ1) is 9.83. The minimum Gasteiger partial charge on any atom is -0.374 e. The summed E-state index contributed by atoms with van der Waals surface area (Å²) in [6.07, 6.45) is 0.165. The molecule has 3 rings (SSSR count). The Balaban J connectivity index is 1.67. The van der Waals surface area contributed by atoms with E-state index < -0.39 is 0 Å². The summed E-state index contributed by atoms with van der Waals surface area (Å²) in [6.45, 7) is 5.82. The van der Waals surface area contributed by atoms with Gasteiger partial charge in [0.05, 0.1) is 31.4 Å². The van der Waals surface area contributed by atoms with Crippen molar-refractivity contribution in [2.45, 2.75) is 19.6 Å². The third-order valence-corrected chi connectivity index (χ3v) is 3.50. The van der Waals surface area contributed by atoms with Crippen LogP contribution in [-0.2, 0) is 16.1 Å². The van der Waals surface area contributed by atoms with E-state index in [0.29, 0.717) is 13.2 Å². The molecular weight excluding hydrogens is 252 g/mol. The van der Waals surface area contributed by atoms with Gasteiger partial charge in [0.15, 0.2) is 0 Å². The summed E-state index contributed by atoms with van der Waals surface area (Å²) in [6, 6.07) is 10.3. The van der Waals surface area contributed by atoms with Gasteiger partial charge in [-0.25, -0.2) is 0 Å². The van der Waals surface area contributed by atoms with E-state index in [4.69, 9.17) is 9.47 Å². The molecule has 4 heteroatoms. The average Bonchev–Trinajstić information content (AvgIpc) is 2.48. The number of aromatic nitrogens is 1. The van der Waals surface area contributed by atoms with Crippen LogP contribution in [0.4, 0.5) is 0 Å². The van der Waals surface area contributed by atoms with Crippen LogP contribution >= 0.6 is 0 Å². The van der Waals surface area contributed by atoms with Crippen LogP contribution in [0, 0.1) is 6.92 Å². The molecule has 1 aliphatic rings. The number of para-hydroxylation sites is 1. The molecule has 1 atom stereocenters. The van der Waals surface area contributed by atoms with E-state index in [1.54, 1.807) is 0 Å². The van der Waals surface area contributed by atoms with E-state index in [0.717, 1.165) is 30.9 Å². The van der Waals surface area contributed by atoms with Crippen molar-refractivity contribution < 1.29 is 9.47 Å². The summed E-state index contributed by atoms with van der Waals surface area (Å²) in [5.74, 6) is 0. The number of nitrogens with one attached hydrogen (secondary N) is 1. The number of fused-ring (bicyclic) bond motifs is 1. The molecule has 106 valence electrons. The topological polar surface area (TPSA) is 43.4 Å². The molecule has 20 heavy (non-hydrogen) atoms. The highest BCUT2D eigenvalue weighted by Crippen LogP contribution is 2.19. The first-order valence-corrected chi connectivity index (χ1v) is 7.08. The van der Waals surface area contributed by atoms with Crippen LogP contribution in [-0.4, -0.2) is 37.4 Å². The number of rotatable bonds is 4. The van der Waals surface area contributed by atoms with Crippen LogP contribution in [0.1, 0.15) is 11.3 Å². The maximum atomic E-state index is 5.83. The second-order valence-electron chi connectivity index (χ2n) is 5.15. The van der Waals surface area contributed by atoms with E-state index >= 15 is 0 Å². The van der Waals surface area contributed by atoms with Crippen LogP contribution in [0.3, 0.4) is 0 Å². The zero-order valence-electron chi connectivity index (χ0n) is 11.8. The highest BCUT2D eigenvalue weighted by atomic mass is 16.5. The molecule has 0 amide bonds. The van der Waals surface area contributed by atoms with Crippen molar-refractivity contribution >= 4 is 10.9 Å². The number of nitrogens with zero attached hydrogens (tertiary/aromatic N) is 1. The van der Waals surface area contributed by atoms with Crippen molar-refractivity contribution in [3.05, 3.63) is 41.6 Å². The molecule has 0 saturated carbocycles. The van der Waals surface area contributed by atoms with Crippen molar-refractivity contribution in [1.82, 2.24) is 10.3 Å². The van der Waals surface area contributed by atoms with Crippen molar-refractivity contribution in [3.63, 3.8) is 0 Å². The van der Waals surface area contributed by atoms with Crippen LogP contribution in [0.5, 0.6) is 0 Å². The highest BCUT2D eigenvalue weighted by molar-refractivity contribution is 5.82. The summed E-state index contributed by atoms with van der Waals surface area (Å²) < 4.78 is 11.5. The van der Waals surface area contributed by atoms with Crippen LogP contribution in [0.25, 0.3) is 10.9 Å². The average molecular weight is 272 g/mol. The Morgan fingerprint density at radius 3 is 3.15 bits per heavy atom. The van der Waals surface area contributed by atoms with Crippen LogP contribution in [0.2, 0.25) is 0 Å². The molecule has 1 aromatic heterocycles. The summed E-state index contributed by atoms with van der Waals surface area (Å²) in [7, 11) is 0. The molecule has 1 N–H and O–H groups in total. The van der Waals surface area contributed by atoms with Crippen LogP contribution < -0.4 is 5.32 Å². The van der Waals surface area contributed by atoms with Gasteiger partial charge in [0.2, 0.25) is 0 Å². The Hall–Kier alpha value is -1.49. The van der Waals surface area contributed by atoms with Gasteiger partial charge in [-0.1, -0.05) is 18.2 Å². The van der Waals surface area contributed by atoms with Crippen molar-refractivity contribution in [2.24, 2.45) is 0 Å². The minimum atomic E-state index is 0.165. The number of hydrogen-bond acceptors (Lipinski definition) is 4. The number of benzene rings is 1. The zero-order chi connectivity index (χ0) is 13.8. The van der Waals surface area contributed by atoms with Gasteiger partial charge >= 0.3 is 0 Å². The molecule has 1 aromatic carbocycles. The summed E-state index contributed by atoms with van der Waals surface area (Å²) >= 11 is 0. The third-order valence-electron chi connectivity index (χ3n) is 3.50. The van der Waals surface area contributed by atoms with Gasteiger partial charge in [-0.15, -0.1) is 0 Å². The monoisotopic (exact) mass is 272 g/mol. The molecule has 0 aliphatic carbocycles. The summed E-state index contributed by atoms with van der Waals surface area (Å²) in [5, 5.41) is 4.47. The number of morpholine rings is 1. The predicted molar refractivity (Wildman–Crippen MR) is 78.7 cm³/mol. The third kappa shape index (κ3) is 3.15. The molecule has 1 unspecified atom stereocenters. The highest BCUT2D eigenvalue weighted by Gasteiger charge is 2.13. The molecular formula is C16H20N2O2. The standard InChI is InChI=1S/C16H20N2O2/c1-12-8-13(15-4-2-3-5-16(15)18-12)10-19-11-14-9-17-6-7-20-14/h2-5,8,14,17H,6-7,9-11H2,1H3. The Kier molecular flexibility index (Phi) is 4.25. The smallest absolute Gasteiger partial charge is 0.0933 e. The van der Waals surface area contributed by atoms with Gasteiger partial charge in [0.1, 0.15) is 0 Å². The first kappa shape index (κ1) is 13.5. The molecule has 1 saturated heterocycles. The molecule has 2 heterocycles. The lowest BCUT2D eigenvalue weighted by Crippen LogP contribution is -2.40. The van der Waals surface area contributed by atoms with Gasteiger partial charge in [-0.05, 0) is 24.6 Å². The van der Waals surface area contributed by atoms with Gasteiger partial charge in [-0.2, -0.15) is 0 Å². The number of aryl methyl sites for hydroxylation is 1. The number of hydrogen-bond donors (Lipinski definition) is 1. The van der Waals surface area contributed by atoms with Crippen molar-refractivity contribution in [2.75, 3.05) is 26.3 Å². The van der Waals surface area contributed by atoms with Gasteiger partial charge in [0, 0.05) is 24.2 Å². The fourth-order valence-corrected chi connectivity index (χ4v) is 2.54. The van der Waals surface area contributed by atoms with E-state index in [1.807, 2.05) is 25.1 Å². The normalized spacial score (nSPS) is 19.4. The van der Waals surface area contributed by atoms with Gasteiger partial charge in [0.25, 0.3) is 0 Å². The van der Waals surface area contributed by atoms with Gasteiger partial charge in [-0.3, -0.25) is 4.98 Å². The lowest BCUT2D eigenvalue weighted by molar-refractivity contribution is -0.0355. The molecule has 2 aromatic rings. The lowest BCUT2D eigenvalue weighted by Gasteiger charge is -2.23. The quantitative estimate of drug-likeness (QED) is 0.925. The Morgan fingerprint density at radius 1 is 1.40 bits per heavy atom. The van der Waals surface area contributed by atoms with E-state index in [1.165, 1.54) is 10.9 Å². The molecule has 0 radical (unpaired) electrons. The molecule has 1 fully saturated rings. The second-order valence-corrected chi connectivity index (χ2v) is 5.15. The zero-order valence-corrected chi connectivity index (χ0v) is 11.8. The fraction of sp³-hybridized carbons (Fsp3) is 0.438. The van der Waals surface area contributed by atoms with Gasteiger partial charge < -0.3 is 14.8 Å². The van der Waals surface area contributed by atoms with E-state index in [2.05, 4.69) is 22.4 Å². The Morgan fingerprint density at radius 2 is 2.30 bits per heavy atom. The molecule has 4 nitrogen and oxygen atoms in total. The maximum absolute atomic E-state index is 5.83. The number of pyridine rings is 1. The SMILES string of the molecule is Cc1cc(COCC2CNCCO2)c2ccccc2n1.